The summed E-state index contributed by atoms with van der Waals surface area (Å²) in [7, 11) is -2.10. The first-order valence-electron chi connectivity index (χ1n) is 8.36. The van der Waals surface area contributed by atoms with E-state index in [2.05, 4.69) is 0 Å². The van der Waals surface area contributed by atoms with Crippen LogP contribution < -0.4 is 4.74 Å². The van der Waals surface area contributed by atoms with Crippen LogP contribution in [0.4, 0.5) is 4.39 Å². The highest BCUT2D eigenvalue weighted by molar-refractivity contribution is 7.89. The molecule has 0 amide bonds. The van der Waals surface area contributed by atoms with E-state index in [9.17, 15) is 17.6 Å². The molecule has 7 heteroatoms. The second kappa shape index (κ2) is 7.55. The van der Waals surface area contributed by atoms with Crippen molar-refractivity contribution in [2.75, 3.05) is 20.2 Å². The smallest absolute Gasteiger partial charge is 0.243 e. The van der Waals surface area contributed by atoms with Crippen LogP contribution in [-0.4, -0.2) is 38.7 Å². The van der Waals surface area contributed by atoms with E-state index in [4.69, 9.17) is 4.74 Å². The predicted octanol–water partition coefficient (Wildman–Crippen LogP) is 3.12. The minimum atomic E-state index is -3.66. The van der Waals surface area contributed by atoms with Crippen LogP contribution in [0.1, 0.15) is 23.2 Å². The van der Waals surface area contributed by atoms with Crippen LogP contribution in [0.3, 0.4) is 0 Å². The molecular formula is C19H20FNO4S. The number of sulfonamides is 1. The number of nitrogens with zero attached hydrogens (tertiary/aromatic N) is 1. The molecule has 2 aromatic rings. The summed E-state index contributed by atoms with van der Waals surface area (Å²) < 4.78 is 44.7. The molecule has 0 atom stereocenters. The number of carbonyl (C=O) groups is 1. The lowest BCUT2D eigenvalue weighted by Gasteiger charge is -2.30. The highest BCUT2D eigenvalue weighted by Crippen LogP contribution is 2.27. The molecule has 0 aromatic heterocycles. The number of hydrogen-bond donors (Lipinski definition) is 0. The van der Waals surface area contributed by atoms with Gasteiger partial charge in [-0.25, -0.2) is 12.8 Å². The van der Waals surface area contributed by atoms with Gasteiger partial charge in [-0.15, -0.1) is 0 Å². The van der Waals surface area contributed by atoms with Crippen molar-refractivity contribution >= 4 is 15.8 Å². The van der Waals surface area contributed by atoms with Gasteiger partial charge in [0.1, 0.15) is 11.6 Å². The van der Waals surface area contributed by atoms with E-state index in [1.165, 1.54) is 16.4 Å². The van der Waals surface area contributed by atoms with Crippen LogP contribution in [0.2, 0.25) is 0 Å². The van der Waals surface area contributed by atoms with Crippen molar-refractivity contribution in [2.24, 2.45) is 5.92 Å². The summed E-state index contributed by atoms with van der Waals surface area (Å²) in [5.41, 5.74) is 0.602. The number of ketones is 1. The van der Waals surface area contributed by atoms with E-state index in [0.29, 0.717) is 24.2 Å². The van der Waals surface area contributed by atoms with Gasteiger partial charge in [0.05, 0.1) is 12.0 Å². The van der Waals surface area contributed by atoms with Gasteiger partial charge in [-0.05, 0) is 61.4 Å². The molecule has 26 heavy (non-hydrogen) atoms. The SMILES string of the molecule is COc1ccc(C(=O)C2CCN(S(=O)(=O)c3ccc(F)cc3)CC2)cc1. The Morgan fingerprint density at radius 2 is 1.62 bits per heavy atom. The van der Waals surface area contributed by atoms with Crippen LogP contribution in [0, 0.1) is 11.7 Å². The Bertz CT molecular complexity index is 871. The van der Waals surface area contributed by atoms with Crippen molar-refractivity contribution < 1.29 is 22.3 Å². The molecule has 1 aliphatic rings. The van der Waals surface area contributed by atoms with Crippen LogP contribution in [0.15, 0.2) is 53.4 Å². The van der Waals surface area contributed by atoms with Crippen LogP contribution in [-0.2, 0) is 10.0 Å². The molecule has 138 valence electrons. The highest BCUT2D eigenvalue weighted by Gasteiger charge is 2.32. The van der Waals surface area contributed by atoms with Crippen molar-refractivity contribution in [1.29, 1.82) is 0 Å². The van der Waals surface area contributed by atoms with Crippen molar-refractivity contribution in [3.63, 3.8) is 0 Å². The maximum Gasteiger partial charge on any atom is 0.243 e. The third-order valence-corrected chi connectivity index (χ3v) is 6.56. The summed E-state index contributed by atoms with van der Waals surface area (Å²) in [4.78, 5) is 12.7. The first-order valence-corrected chi connectivity index (χ1v) is 9.80. The van der Waals surface area contributed by atoms with E-state index in [0.717, 1.165) is 12.1 Å². The summed E-state index contributed by atoms with van der Waals surface area (Å²) in [5.74, 6) is 0.0176. The standard InChI is InChI=1S/C19H20FNO4S/c1-25-17-6-2-14(3-7-17)19(22)15-10-12-21(13-11-15)26(23,24)18-8-4-16(20)5-9-18/h2-9,15H,10-13H2,1H3. The van der Waals surface area contributed by atoms with Gasteiger partial charge in [-0.2, -0.15) is 4.31 Å². The molecule has 0 unspecified atom stereocenters. The van der Waals surface area contributed by atoms with Gasteiger partial charge in [0.25, 0.3) is 0 Å². The Morgan fingerprint density at radius 1 is 1.04 bits per heavy atom. The summed E-state index contributed by atoms with van der Waals surface area (Å²) in [6.45, 7) is 0.540. The largest absolute Gasteiger partial charge is 0.497 e. The van der Waals surface area contributed by atoms with Crippen molar-refractivity contribution in [2.45, 2.75) is 17.7 Å². The number of carbonyl (C=O) groups excluding carboxylic acids is 1. The van der Waals surface area contributed by atoms with Gasteiger partial charge in [-0.1, -0.05) is 0 Å². The zero-order valence-electron chi connectivity index (χ0n) is 14.4. The fourth-order valence-electron chi connectivity index (χ4n) is 3.10. The Hall–Kier alpha value is -2.25. The Balaban J connectivity index is 1.66. The zero-order valence-corrected chi connectivity index (χ0v) is 15.2. The van der Waals surface area contributed by atoms with Gasteiger partial charge in [-0.3, -0.25) is 4.79 Å². The molecule has 1 fully saturated rings. The maximum atomic E-state index is 13.0. The molecule has 0 radical (unpaired) electrons. The van der Waals surface area contributed by atoms with Crippen LogP contribution in [0.5, 0.6) is 5.75 Å². The van der Waals surface area contributed by atoms with E-state index in [1.54, 1.807) is 31.4 Å². The highest BCUT2D eigenvalue weighted by atomic mass is 32.2. The minimum absolute atomic E-state index is 0.0199. The monoisotopic (exact) mass is 377 g/mol. The lowest BCUT2D eigenvalue weighted by molar-refractivity contribution is 0.0875. The molecule has 1 saturated heterocycles. The Morgan fingerprint density at radius 3 is 2.15 bits per heavy atom. The van der Waals surface area contributed by atoms with Crippen molar-refractivity contribution in [1.82, 2.24) is 4.31 Å². The molecule has 1 heterocycles. The quantitative estimate of drug-likeness (QED) is 0.751. The maximum absolute atomic E-state index is 13.0. The summed E-state index contributed by atoms with van der Waals surface area (Å²) in [6, 6.07) is 11.7. The van der Waals surface area contributed by atoms with Crippen LogP contribution >= 0.6 is 0 Å². The fraction of sp³-hybridized carbons (Fsp3) is 0.316. The summed E-state index contributed by atoms with van der Waals surface area (Å²) >= 11 is 0. The third-order valence-electron chi connectivity index (χ3n) is 4.65. The molecule has 0 aliphatic carbocycles. The molecule has 0 bridgehead atoms. The van der Waals surface area contributed by atoms with Gasteiger partial charge in [0.15, 0.2) is 5.78 Å². The van der Waals surface area contributed by atoms with Crippen molar-refractivity contribution in [3.8, 4) is 5.75 Å². The fourth-order valence-corrected chi connectivity index (χ4v) is 4.57. The summed E-state index contributed by atoms with van der Waals surface area (Å²) in [6.07, 6.45) is 0.927. The number of Topliss-reactive ketones (excluding diaryl/α,β-unsaturated/α-hetero) is 1. The average Bonchev–Trinajstić information content (AvgIpc) is 2.68. The summed E-state index contributed by atoms with van der Waals surface area (Å²) in [5, 5.41) is 0. The Labute approximate surface area is 152 Å². The molecule has 1 aliphatic heterocycles. The Kier molecular flexibility index (Phi) is 5.38. The van der Waals surface area contributed by atoms with E-state index < -0.39 is 15.8 Å². The first kappa shape index (κ1) is 18.5. The lowest BCUT2D eigenvalue weighted by atomic mass is 9.89. The normalized spacial score (nSPS) is 16.4. The van der Waals surface area contributed by atoms with E-state index in [-0.39, 0.29) is 29.7 Å². The molecular weight excluding hydrogens is 357 g/mol. The average molecular weight is 377 g/mol. The molecule has 0 saturated carbocycles. The van der Waals surface area contributed by atoms with Gasteiger partial charge in [0.2, 0.25) is 10.0 Å². The number of benzene rings is 2. The van der Waals surface area contributed by atoms with Gasteiger partial charge >= 0.3 is 0 Å². The third kappa shape index (κ3) is 3.78. The number of rotatable bonds is 5. The molecule has 0 spiro atoms. The molecule has 5 nitrogen and oxygen atoms in total. The van der Waals surface area contributed by atoms with Gasteiger partial charge in [0, 0.05) is 24.6 Å². The van der Waals surface area contributed by atoms with E-state index >= 15 is 0 Å². The number of halogens is 1. The number of piperidine rings is 1. The topological polar surface area (TPSA) is 63.7 Å². The number of ether oxygens (including phenoxy) is 1. The molecule has 2 aromatic carbocycles. The second-order valence-corrected chi connectivity index (χ2v) is 8.16. The van der Waals surface area contributed by atoms with Crippen molar-refractivity contribution in [3.05, 3.63) is 59.9 Å². The zero-order chi connectivity index (χ0) is 18.7. The lowest BCUT2D eigenvalue weighted by Crippen LogP contribution is -2.40. The minimum Gasteiger partial charge on any atom is -0.497 e. The predicted molar refractivity (Wildman–Crippen MR) is 95.2 cm³/mol. The number of hydrogen-bond acceptors (Lipinski definition) is 4. The molecule has 0 N–H and O–H groups in total. The van der Waals surface area contributed by atoms with Gasteiger partial charge < -0.3 is 4.74 Å². The number of methoxy groups -OCH3 is 1. The second-order valence-electron chi connectivity index (χ2n) is 6.23. The van der Waals surface area contributed by atoms with Crippen LogP contribution in [0.25, 0.3) is 0 Å². The molecule has 3 rings (SSSR count). The first-order chi connectivity index (χ1) is 12.4. The van der Waals surface area contributed by atoms with E-state index in [1.807, 2.05) is 0 Å².